The molecule has 6 saturated heterocycles. The van der Waals surface area contributed by atoms with Crippen LogP contribution in [0.2, 0.25) is 0 Å². The lowest BCUT2D eigenvalue weighted by molar-refractivity contribution is -0.401. The van der Waals surface area contributed by atoms with Gasteiger partial charge in [-0.1, -0.05) is 24.3 Å². The van der Waals surface area contributed by atoms with Crippen LogP contribution in [0, 0.1) is 26.2 Å². The molecule has 6 aliphatic rings. The number of hydrogen-bond acceptors (Lipinski definition) is 51. The molecule has 4 amide bonds. The Kier molecular flexibility index (Phi) is 42.1. The molecule has 57 nitrogen and oxygen atoms in total. The highest BCUT2D eigenvalue weighted by Gasteiger charge is 2.61. The van der Waals surface area contributed by atoms with Gasteiger partial charge in [0, 0.05) is 102 Å². The Hall–Kier alpha value is -6.97. The first-order valence-electron chi connectivity index (χ1n) is 40.7. The number of aryl methyl sites for hydroxylation is 1. The maximum atomic E-state index is 14.6. The summed E-state index contributed by atoms with van der Waals surface area (Å²) in [6, 6.07) is 4.42. The second-order valence-electron chi connectivity index (χ2n) is 30.8. The molecule has 27 atom stereocenters. The van der Waals surface area contributed by atoms with E-state index in [2.05, 4.69) is 37.4 Å². The number of rotatable bonds is 51. The summed E-state index contributed by atoms with van der Waals surface area (Å²) in [6.07, 6.45) is -54.6. The number of methoxy groups -OCH3 is 10. The number of carbonyl (C=O) groups is 6. The first-order valence-corrected chi connectivity index (χ1v) is 48.9. The van der Waals surface area contributed by atoms with Gasteiger partial charge in [0.15, 0.2) is 37.6 Å². The number of carboxylic acid groups (broad SMARTS) is 2. The van der Waals surface area contributed by atoms with Gasteiger partial charge in [0.05, 0.1) is 56.7 Å². The third kappa shape index (κ3) is 31.0. The second-order valence-corrected chi connectivity index (χ2v) is 37.6. The minimum atomic E-state index is -6.50. The standard InChI is InChI=1S/C73H113N7O50S6/c1-33-26-40(106-4)34(2)35(3)63(33)131(89,90)79-38(65(83)78-39(66(84)80-23-15-14-16-24-80)27-36-18-20-37(21-19-36)64(74)75)28-44(81)77-29-45(82)76-22-17-25-116-46-41(30-117-132(91,92)93)121-70(59(112-10)49(46)107-5)125-53-51(109-7)61(114-12)72(128-56(53)67(85)86)124-48-43(32-119-134(97,98)99)122-73(62(130-136(103,104)105)55(48)129-135(100,101)102)126-54-52(110-8)60(113-11)71(127-57(54)68(87)88)123-47-42(31-118-133(94,95)96)120-69(115-13)58(111-9)50(47)108-6/h18-21,26,38-39,41-43,46-62,69-73,79H,14-17,22-25,27-32H2,1-13H3,(H3,74,75)(H,76,82)(H,77,81)(H,78,83)(H,85,86)(H,87,88)(H,91,92,93)(H,94,95,96)(H,97,98,99)(H,100,101,102)(H,103,104,105)/p-7/t38?,39?,41-,42-,43-,46-,47-,48-,49+,50+,51+,52+,53+,54+,55+,56+,57-,58-,59-,60-,61-,62-,69+,70-,71-,72-,73-/m1/s1. The number of hydrogen-bond donors (Lipinski definition) is 6. The summed E-state index contributed by atoms with van der Waals surface area (Å²) < 4.78 is 355. The zero-order valence-corrected chi connectivity index (χ0v) is 79.7. The number of nitrogens with one attached hydrogen (secondary N) is 5. The first kappa shape index (κ1) is 114. The van der Waals surface area contributed by atoms with Crippen molar-refractivity contribution in [1.82, 2.24) is 25.6 Å². The van der Waals surface area contributed by atoms with Crippen molar-refractivity contribution in [2.24, 2.45) is 5.73 Å². The van der Waals surface area contributed by atoms with Crippen molar-refractivity contribution in [3.8, 4) is 5.75 Å². The number of nitrogens with zero attached hydrogens (tertiary/aromatic N) is 1. The van der Waals surface area contributed by atoms with Gasteiger partial charge < -0.3 is 164 Å². The Labute approximate surface area is 781 Å². The molecule has 63 heteroatoms. The number of carboxylic acids is 2. The molecule has 6 fully saturated rings. The van der Waals surface area contributed by atoms with Crippen molar-refractivity contribution >= 4 is 103 Å². The summed E-state index contributed by atoms with van der Waals surface area (Å²) in [7, 11) is -24.8. The van der Waals surface area contributed by atoms with E-state index in [1.165, 1.54) is 39.2 Å². The van der Waals surface area contributed by atoms with Crippen molar-refractivity contribution in [2.75, 3.05) is 124 Å². The molecule has 0 aromatic heterocycles. The van der Waals surface area contributed by atoms with Crippen molar-refractivity contribution in [1.29, 1.82) is 5.41 Å². The molecule has 2 aromatic carbocycles. The van der Waals surface area contributed by atoms with Crippen LogP contribution in [0.1, 0.15) is 59.9 Å². The highest BCUT2D eigenvalue weighted by molar-refractivity contribution is 7.89. The Morgan fingerprint density at radius 3 is 1.32 bits per heavy atom. The molecule has 6 aliphatic heterocycles. The average molecular weight is 2070 g/mol. The molecule has 6 heterocycles. The average Bonchev–Trinajstić information content (AvgIpc) is 0.749. The highest BCUT2D eigenvalue weighted by Crippen LogP contribution is 2.42. The van der Waals surface area contributed by atoms with E-state index in [1.807, 2.05) is 0 Å². The Balaban J connectivity index is 1.01. The van der Waals surface area contributed by atoms with Crippen LogP contribution >= 0.6 is 0 Å². The molecule has 0 aliphatic carbocycles. The number of benzene rings is 2. The summed E-state index contributed by atoms with van der Waals surface area (Å²) in [5.41, 5.74) is 7.39. The molecule has 8 rings (SSSR count). The molecule has 0 radical (unpaired) electrons. The third-order valence-electron chi connectivity index (χ3n) is 22.2. The van der Waals surface area contributed by atoms with E-state index in [1.54, 1.807) is 24.0 Å². The zero-order valence-electron chi connectivity index (χ0n) is 74.8. The number of nitrogen functional groups attached to an aromatic ring is 1. The van der Waals surface area contributed by atoms with Gasteiger partial charge in [-0.2, -0.15) is 4.72 Å². The Bertz CT molecular complexity index is 5110. The fraction of sp³-hybridized carbons (Fsp3) is 0.740. The number of amides is 4. The fourth-order valence-corrected chi connectivity index (χ4v) is 19.7. The number of nitrogens with two attached hydrogens (primary N) is 1. The van der Waals surface area contributed by atoms with E-state index >= 15 is 0 Å². The molecule has 776 valence electrons. The third-order valence-corrected chi connectivity index (χ3v) is 26.2. The zero-order chi connectivity index (χ0) is 101. The topological polar surface area (TPSA) is 801 Å². The minimum Gasteiger partial charge on any atom is -0.726 e. The molecule has 2 unspecified atom stereocenters. The SMILES string of the molecule is COc1cc(C)c(S(=O)(=O)NC(CC(=O)NCC(=O)NCCCO[C@H]2[C@H](OC)[C@@H](OC)[C@@H](O[C@H]3[C@H](OC)[C@@H](OC)[C@H](O[C@H]4[C@H](OS(=O)(=O)[O-])[C@@H](OS(=O)(=O)[O-])[C@@H](O[C@H]5[C@H](OC)[C@@H](OC)[C@H](O[C@H]6[C@H](OC)[C@@H](OC)[C@@H](OC)O[C@@H]6COS(=O)(=O)[O-])O[C@H]5C(=O)[O-])O[C@@H]4COS(=O)(=O)[O-])O[C@@H]3C(=O)[O-])O[C@@H]2COS(=O)(=O)[O-])C(=O)NC(Cc2ccc(C(=N)N)cc2)C(=O)N2CCCCC2)c(C)c1C. The maximum absolute atomic E-state index is 14.6. The predicted molar refractivity (Wildman–Crippen MR) is 432 cm³/mol. The van der Waals surface area contributed by atoms with Gasteiger partial charge in [0.1, 0.15) is 140 Å². The molecular weight excluding hydrogens is 1970 g/mol. The van der Waals surface area contributed by atoms with Gasteiger partial charge in [-0.15, -0.1) is 0 Å². The summed E-state index contributed by atoms with van der Waals surface area (Å²) >= 11 is 0. The molecule has 2 aromatic rings. The van der Waals surface area contributed by atoms with E-state index < -0.39 is 303 Å². The minimum absolute atomic E-state index is 0.131. The Morgan fingerprint density at radius 2 is 0.890 bits per heavy atom. The number of aliphatic carboxylic acids is 2. The number of piperidine rings is 1. The van der Waals surface area contributed by atoms with Crippen molar-refractivity contribution in [3.63, 3.8) is 0 Å². The van der Waals surface area contributed by atoms with Gasteiger partial charge in [-0.05, 0) is 74.8 Å². The molecular formula is C73H106N7O50S6-7. The smallest absolute Gasteiger partial charge is 0.245 e. The summed E-state index contributed by atoms with van der Waals surface area (Å²) in [5.74, 6) is -8.15. The van der Waals surface area contributed by atoms with Gasteiger partial charge in [0.2, 0.25) is 85.6 Å². The Morgan fingerprint density at radius 1 is 0.478 bits per heavy atom. The van der Waals surface area contributed by atoms with Crippen LogP contribution in [0.5, 0.6) is 5.75 Å². The van der Waals surface area contributed by atoms with Gasteiger partial charge in [-0.3, -0.25) is 45.5 Å². The number of sulfonamides is 1. The van der Waals surface area contributed by atoms with Crippen LogP contribution in [0.25, 0.3) is 0 Å². The van der Waals surface area contributed by atoms with Crippen molar-refractivity contribution in [2.45, 2.75) is 230 Å². The number of ether oxygens (including phenoxy) is 20. The largest absolute Gasteiger partial charge is 0.726 e. The lowest BCUT2D eigenvalue weighted by Crippen LogP contribution is -2.70. The lowest BCUT2D eigenvalue weighted by Gasteiger charge is -2.52. The van der Waals surface area contributed by atoms with E-state index in [9.17, 15) is 112 Å². The summed E-state index contributed by atoms with van der Waals surface area (Å²) in [4.78, 5) is 84.5. The van der Waals surface area contributed by atoms with Gasteiger partial charge in [0.25, 0.3) is 0 Å². The molecule has 0 bridgehead atoms. The quantitative estimate of drug-likeness (QED) is 0.0118. The number of amidine groups is 1. The molecule has 7 N–H and O–H groups in total. The van der Waals surface area contributed by atoms with Gasteiger partial charge in [-0.25, -0.2) is 50.5 Å². The molecule has 0 spiro atoms. The van der Waals surface area contributed by atoms with Crippen LogP contribution in [-0.4, -0.2) is 409 Å². The van der Waals surface area contributed by atoms with Crippen molar-refractivity contribution < 1.29 is 228 Å². The van der Waals surface area contributed by atoms with Gasteiger partial charge >= 0.3 is 0 Å². The first-order chi connectivity index (χ1) is 63.7. The second kappa shape index (κ2) is 50.1. The molecule has 0 saturated carbocycles. The van der Waals surface area contributed by atoms with Crippen LogP contribution in [0.3, 0.4) is 0 Å². The van der Waals surface area contributed by atoms with Crippen LogP contribution in [-0.2, 0) is 208 Å². The van der Waals surface area contributed by atoms with Crippen LogP contribution in [0.15, 0.2) is 35.2 Å². The fourth-order valence-electron chi connectivity index (χ4n) is 16.1. The van der Waals surface area contributed by atoms with E-state index in [4.69, 9.17) is 110 Å². The van der Waals surface area contributed by atoms with E-state index in [-0.39, 0.29) is 41.2 Å². The number of likely N-dealkylation sites (tertiary alicyclic amines) is 1. The van der Waals surface area contributed by atoms with Crippen LogP contribution in [0.4, 0.5) is 0 Å². The monoisotopic (exact) mass is 2070 g/mol. The predicted octanol–water partition coefficient (Wildman–Crippen LogP) is -9.76. The summed E-state index contributed by atoms with van der Waals surface area (Å²) in [6.45, 7) is -0.591. The van der Waals surface area contributed by atoms with E-state index in [0.29, 0.717) is 48.4 Å². The molecule has 136 heavy (non-hydrogen) atoms. The normalized spacial score (nSPS) is 30.5. The number of carbonyl (C=O) groups excluding carboxylic acids is 6. The maximum Gasteiger partial charge on any atom is 0.245 e. The van der Waals surface area contributed by atoms with Crippen molar-refractivity contribution in [3.05, 3.63) is 58.1 Å². The highest BCUT2D eigenvalue weighted by atomic mass is 32.3. The van der Waals surface area contributed by atoms with E-state index in [0.717, 1.165) is 70.4 Å². The summed E-state index contributed by atoms with van der Waals surface area (Å²) in [5, 5.41) is 42.2. The van der Waals surface area contributed by atoms with Crippen LogP contribution < -0.4 is 41.4 Å². The lowest BCUT2D eigenvalue weighted by atomic mass is 9.94.